The quantitative estimate of drug-likeness (QED) is 0.380. The lowest BCUT2D eigenvalue weighted by Gasteiger charge is -1.63. The summed E-state index contributed by atoms with van der Waals surface area (Å²) in [6.45, 7) is 2.17. The Bertz CT molecular complexity index is 164. The van der Waals surface area contributed by atoms with Crippen LogP contribution in [-0.2, 0) is 9.59 Å². The summed E-state index contributed by atoms with van der Waals surface area (Å²) in [7, 11) is 0. The normalized spacial score (nSPS) is 8.43. The highest BCUT2D eigenvalue weighted by atomic mass is 16.4. The van der Waals surface area contributed by atoms with E-state index in [-0.39, 0.29) is 0 Å². The van der Waals surface area contributed by atoms with E-state index in [1.54, 1.807) is 0 Å². The lowest BCUT2D eigenvalue weighted by atomic mass is 10.6. The van der Waals surface area contributed by atoms with E-state index in [0.29, 0.717) is 0 Å². The monoisotopic (exact) mass is 206 g/mol. The molecule has 0 aliphatic carbocycles. The number of aliphatic hydroxyl groups excluding tert-OH is 2. The minimum absolute atomic E-state index is 0.833. The summed E-state index contributed by atoms with van der Waals surface area (Å²) in [6.07, 6.45) is 4.29. The summed E-state index contributed by atoms with van der Waals surface area (Å²) < 4.78 is 0. The van der Waals surface area contributed by atoms with Crippen molar-refractivity contribution in [2.24, 2.45) is 0 Å². The molecule has 0 heterocycles. The molecular weight excluding hydrogens is 192 g/mol. The number of carboxylic acids is 2. The second-order valence-corrected chi connectivity index (χ2v) is 1.72. The lowest BCUT2D eigenvalue weighted by molar-refractivity contribution is -0.135. The molecule has 0 unspecified atom stereocenters. The molecule has 0 radical (unpaired) electrons. The van der Waals surface area contributed by atoms with Crippen molar-refractivity contribution >= 4 is 11.9 Å². The standard InChI is InChI=1S/C4H6O2.2C2H4O2/c5-3-1-2-4-6;2*1-2(3)4/h1-6H;2*1H3,(H,3,4). The third-order valence-corrected chi connectivity index (χ3v) is 0.283. The molecule has 0 aliphatic rings. The van der Waals surface area contributed by atoms with Gasteiger partial charge in [-0.2, -0.15) is 0 Å². The number of allylic oxidation sites excluding steroid dienone is 2. The van der Waals surface area contributed by atoms with Crippen LogP contribution in [0.3, 0.4) is 0 Å². The first-order chi connectivity index (χ1) is 6.38. The smallest absolute Gasteiger partial charge is 0.300 e. The van der Waals surface area contributed by atoms with Crippen molar-refractivity contribution in [3.05, 3.63) is 24.7 Å². The van der Waals surface area contributed by atoms with Crippen molar-refractivity contribution in [2.45, 2.75) is 13.8 Å². The van der Waals surface area contributed by atoms with Gasteiger partial charge in [0.1, 0.15) is 0 Å². The van der Waals surface area contributed by atoms with Gasteiger partial charge in [-0.15, -0.1) is 0 Å². The fourth-order valence-electron chi connectivity index (χ4n) is 0.0994. The Labute approximate surface area is 81.4 Å². The number of hydrogen-bond donors (Lipinski definition) is 4. The van der Waals surface area contributed by atoms with Crippen molar-refractivity contribution in [3.63, 3.8) is 0 Å². The third-order valence-electron chi connectivity index (χ3n) is 0.283. The highest BCUT2D eigenvalue weighted by molar-refractivity contribution is 5.63. The Hall–Kier alpha value is -1.98. The number of hydrogen-bond acceptors (Lipinski definition) is 4. The summed E-state index contributed by atoms with van der Waals surface area (Å²) in [5, 5.41) is 30.5. The lowest BCUT2D eigenvalue weighted by Crippen LogP contribution is -1.78. The fourth-order valence-corrected chi connectivity index (χ4v) is 0.0994. The predicted molar refractivity (Wildman–Crippen MR) is 50.2 cm³/mol. The van der Waals surface area contributed by atoms with Gasteiger partial charge >= 0.3 is 0 Å². The molecule has 0 rings (SSSR count). The van der Waals surface area contributed by atoms with E-state index in [2.05, 4.69) is 0 Å². The second kappa shape index (κ2) is 17.2. The van der Waals surface area contributed by atoms with E-state index >= 15 is 0 Å². The average molecular weight is 206 g/mol. The van der Waals surface area contributed by atoms with Crippen LogP contribution in [0.1, 0.15) is 13.8 Å². The van der Waals surface area contributed by atoms with Crippen LogP contribution in [-0.4, -0.2) is 32.4 Å². The van der Waals surface area contributed by atoms with Crippen LogP contribution in [0.25, 0.3) is 0 Å². The molecular formula is C8H14O6. The van der Waals surface area contributed by atoms with Gasteiger partial charge in [-0.1, -0.05) is 0 Å². The van der Waals surface area contributed by atoms with Crippen molar-refractivity contribution in [2.75, 3.05) is 0 Å². The molecule has 0 saturated heterocycles. The van der Waals surface area contributed by atoms with Crippen LogP contribution in [0.5, 0.6) is 0 Å². The van der Waals surface area contributed by atoms with E-state index in [0.717, 1.165) is 26.4 Å². The van der Waals surface area contributed by atoms with Crippen molar-refractivity contribution in [1.29, 1.82) is 0 Å². The summed E-state index contributed by atoms with van der Waals surface area (Å²) in [4.78, 5) is 18.0. The molecule has 0 fully saturated rings. The van der Waals surface area contributed by atoms with Crippen molar-refractivity contribution < 1.29 is 30.0 Å². The molecule has 0 aromatic rings. The topological polar surface area (TPSA) is 115 Å². The van der Waals surface area contributed by atoms with E-state index in [1.807, 2.05) is 0 Å². The molecule has 4 N–H and O–H groups in total. The molecule has 0 aromatic heterocycles. The Morgan fingerprint density at radius 3 is 1.07 bits per heavy atom. The first-order valence-corrected chi connectivity index (χ1v) is 3.37. The summed E-state index contributed by atoms with van der Waals surface area (Å²) >= 11 is 0. The maximum atomic E-state index is 9.00. The highest BCUT2D eigenvalue weighted by Gasteiger charge is 1.65. The molecule has 6 heteroatoms. The molecule has 0 aliphatic heterocycles. The molecule has 0 saturated carbocycles. The molecule has 0 amide bonds. The zero-order valence-corrected chi connectivity index (χ0v) is 7.91. The van der Waals surface area contributed by atoms with Crippen molar-refractivity contribution in [3.8, 4) is 0 Å². The first kappa shape index (κ1) is 17.9. The van der Waals surface area contributed by atoms with E-state index in [4.69, 9.17) is 30.0 Å². The van der Waals surface area contributed by atoms with Crippen LogP contribution in [0.2, 0.25) is 0 Å². The van der Waals surface area contributed by atoms with Crippen LogP contribution in [0, 0.1) is 0 Å². The van der Waals surface area contributed by atoms with Gasteiger partial charge in [0.05, 0.1) is 12.5 Å². The van der Waals surface area contributed by atoms with Crippen LogP contribution in [0.15, 0.2) is 24.7 Å². The first-order valence-electron chi connectivity index (χ1n) is 3.37. The van der Waals surface area contributed by atoms with E-state index in [9.17, 15) is 0 Å². The largest absolute Gasteiger partial charge is 0.516 e. The van der Waals surface area contributed by atoms with Crippen LogP contribution in [0.4, 0.5) is 0 Å². The number of aliphatic hydroxyl groups is 2. The SMILES string of the molecule is CC(=O)O.CC(=O)O.OC=CC=CO. The molecule has 82 valence electrons. The predicted octanol–water partition coefficient (Wildman–Crippen LogP) is 1.31. The number of aliphatic carboxylic acids is 2. The zero-order chi connectivity index (χ0) is 12.0. The second-order valence-electron chi connectivity index (χ2n) is 1.72. The van der Waals surface area contributed by atoms with E-state index in [1.165, 1.54) is 12.2 Å². The number of carboxylic acid groups (broad SMARTS) is 2. The molecule has 14 heavy (non-hydrogen) atoms. The maximum Gasteiger partial charge on any atom is 0.300 e. The van der Waals surface area contributed by atoms with Gasteiger partial charge in [0.15, 0.2) is 0 Å². The molecule has 0 atom stereocenters. The molecule has 6 nitrogen and oxygen atoms in total. The fraction of sp³-hybridized carbons (Fsp3) is 0.250. The van der Waals surface area contributed by atoms with Gasteiger partial charge in [-0.25, -0.2) is 0 Å². The Morgan fingerprint density at radius 2 is 1.00 bits per heavy atom. The summed E-state index contributed by atoms with van der Waals surface area (Å²) in [5.74, 6) is -1.67. The Morgan fingerprint density at radius 1 is 0.857 bits per heavy atom. The number of carbonyl (C=O) groups is 2. The minimum Gasteiger partial charge on any atom is -0.516 e. The molecule has 0 spiro atoms. The van der Waals surface area contributed by atoms with Crippen molar-refractivity contribution in [1.82, 2.24) is 0 Å². The molecule has 0 bridgehead atoms. The van der Waals surface area contributed by atoms with Gasteiger partial charge in [0.25, 0.3) is 11.9 Å². The average Bonchev–Trinajstić information content (AvgIpc) is 1.98. The maximum absolute atomic E-state index is 9.00. The van der Waals surface area contributed by atoms with Gasteiger partial charge in [-0.3, -0.25) is 9.59 Å². The van der Waals surface area contributed by atoms with Gasteiger partial charge in [0.2, 0.25) is 0 Å². The Balaban J connectivity index is -0.000000135. The summed E-state index contributed by atoms with van der Waals surface area (Å²) in [5.41, 5.74) is 0. The van der Waals surface area contributed by atoms with Gasteiger partial charge < -0.3 is 20.4 Å². The van der Waals surface area contributed by atoms with E-state index < -0.39 is 11.9 Å². The molecule has 0 aromatic carbocycles. The highest BCUT2D eigenvalue weighted by Crippen LogP contribution is 1.66. The van der Waals surface area contributed by atoms with Crippen LogP contribution < -0.4 is 0 Å². The van der Waals surface area contributed by atoms with Crippen LogP contribution >= 0.6 is 0 Å². The van der Waals surface area contributed by atoms with Gasteiger partial charge in [-0.05, 0) is 12.2 Å². The zero-order valence-electron chi connectivity index (χ0n) is 7.91. The third kappa shape index (κ3) is 784. The Kier molecular flexibility index (Phi) is 22.0. The minimum atomic E-state index is -0.833. The summed E-state index contributed by atoms with van der Waals surface area (Å²) in [6, 6.07) is 0. The number of rotatable bonds is 1. The van der Waals surface area contributed by atoms with Gasteiger partial charge in [0, 0.05) is 13.8 Å².